The number of benzene rings is 2. The lowest BCUT2D eigenvalue weighted by molar-refractivity contribution is 0.585. The fourth-order valence-electron chi connectivity index (χ4n) is 2.21. The second-order valence-corrected chi connectivity index (χ2v) is 4.78. The van der Waals surface area contributed by atoms with E-state index in [-0.39, 0.29) is 5.69 Å². The number of aryl methyl sites for hydroxylation is 1. The molecule has 1 heterocycles. The first kappa shape index (κ1) is 13.3. The molecule has 0 fully saturated rings. The SMILES string of the molecule is Cc1ccc(F)c(Nc2ccnc3c(N)cccc23)c1F. The van der Waals surface area contributed by atoms with Crippen LogP contribution in [0.15, 0.2) is 42.6 Å². The average Bonchev–Trinajstić information content (AvgIpc) is 2.48. The van der Waals surface area contributed by atoms with Gasteiger partial charge in [-0.1, -0.05) is 18.2 Å². The minimum atomic E-state index is -0.646. The number of para-hydroxylation sites is 1. The van der Waals surface area contributed by atoms with Crippen molar-refractivity contribution >= 4 is 28.0 Å². The van der Waals surface area contributed by atoms with Gasteiger partial charge >= 0.3 is 0 Å². The summed E-state index contributed by atoms with van der Waals surface area (Å²) in [5.41, 5.74) is 7.72. The predicted octanol–water partition coefficient (Wildman–Crippen LogP) is 4.15. The van der Waals surface area contributed by atoms with E-state index in [1.54, 1.807) is 37.4 Å². The van der Waals surface area contributed by atoms with Crippen molar-refractivity contribution in [1.82, 2.24) is 4.98 Å². The highest BCUT2D eigenvalue weighted by Crippen LogP contribution is 2.31. The molecule has 3 rings (SSSR count). The predicted molar refractivity (Wildman–Crippen MR) is 80.5 cm³/mol. The van der Waals surface area contributed by atoms with Gasteiger partial charge in [-0.3, -0.25) is 4.98 Å². The van der Waals surface area contributed by atoms with Gasteiger partial charge in [-0.15, -0.1) is 0 Å². The normalized spacial score (nSPS) is 10.8. The number of rotatable bonds is 2. The molecule has 21 heavy (non-hydrogen) atoms. The number of nitrogens with zero attached hydrogens (tertiary/aromatic N) is 1. The maximum atomic E-state index is 14.1. The van der Waals surface area contributed by atoms with Crippen LogP contribution >= 0.6 is 0 Å². The molecule has 0 saturated heterocycles. The molecule has 1 aromatic heterocycles. The molecule has 0 aliphatic heterocycles. The van der Waals surface area contributed by atoms with E-state index < -0.39 is 11.6 Å². The van der Waals surface area contributed by atoms with E-state index in [1.165, 1.54) is 12.1 Å². The minimum Gasteiger partial charge on any atom is -0.397 e. The van der Waals surface area contributed by atoms with E-state index in [1.807, 2.05) is 0 Å². The summed E-state index contributed by atoms with van der Waals surface area (Å²) in [6.07, 6.45) is 1.55. The van der Waals surface area contributed by atoms with Gasteiger partial charge in [-0.2, -0.15) is 0 Å². The van der Waals surface area contributed by atoms with E-state index in [4.69, 9.17) is 5.73 Å². The monoisotopic (exact) mass is 285 g/mol. The Morgan fingerprint density at radius 1 is 1.10 bits per heavy atom. The number of pyridine rings is 1. The lowest BCUT2D eigenvalue weighted by atomic mass is 10.1. The number of aromatic nitrogens is 1. The van der Waals surface area contributed by atoms with Crippen LogP contribution in [0, 0.1) is 18.6 Å². The number of nitrogens with two attached hydrogens (primary N) is 1. The number of fused-ring (bicyclic) bond motifs is 1. The molecule has 0 atom stereocenters. The van der Waals surface area contributed by atoms with E-state index in [9.17, 15) is 8.78 Å². The van der Waals surface area contributed by atoms with Crippen molar-refractivity contribution in [2.24, 2.45) is 0 Å². The molecule has 0 aliphatic carbocycles. The summed E-state index contributed by atoms with van der Waals surface area (Å²) in [5.74, 6) is -1.25. The van der Waals surface area contributed by atoms with E-state index in [0.29, 0.717) is 27.8 Å². The zero-order chi connectivity index (χ0) is 15.0. The molecule has 3 N–H and O–H groups in total. The van der Waals surface area contributed by atoms with Gasteiger partial charge < -0.3 is 11.1 Å². The fraction of sp³-hybridized carbons (Fsp3) is 0.0625. The van der Waals surface area contributed by atoms with Crippen LogP contribution in [0.3, 0.4) is 0 Å². The molecule has 0 aliphatic rings. The second-order valence-electron chi connectivity index (χ2n) is 4.78. The van der Waals surface area contributed by atoms with Gasteiger partial charge in [-0.25, -0.2) is 8.78 Å². The maximum Gasteiger partial charge on any atom is 0.152 e. The first-order valence-corrected chi connectivity index (χ1v) is 6.43. The molecule has 0 bridgehead atoms. The summed E-state index contributed by atoms with van der Waals surface area (Å²) in [7, 11) is 0. The Labute approximate surface area is 120 Å². The first-order valence-electron chi connectivity index (χ1n) is 6.43. The number of halogens is 2. The number of nitrogens with one attached hydrogen (secondary N) is 1. The maximum absolute atomic E-state index is 14.1. The summed E-state index contributed by atoms with van der Waals surface area (Å²) < 4.78 is 27.9. The third-order valence-corrected chi connectivity index (χ3v) is 3.35. The van der Waals surface area contributed by atoms with Gasteiger partial charge in [0.15, 0.2) is 5.82 Å². The summed E-state index contributed by atoms with van der Waals surface area (Å²) in [6, 6.07) is 9.59. The van der Waals surface area contributed by atoms with Gasteiger partial charge in [0.2, 0.25) is 0 Å². The number of nitrogen functional groups attached to an aromatic ring is 1. The third kappa shape index (κ3) is 2.27. The summed E-state index contributed by atoms with van der Waals surface area (Å²) in [6.45, 7) is 1.59. The number of hydrogen-bond donors (Lipinski definition) is 2. The van der Waals surface area contributed by atoms with Crippen LogP contribution < -0.4 is 11.1 Å². The topological polar surface area (TPSA) is 50.9 Å². The Hall–Kier alpha value is -2.69. The molecule has 0 spiro atoms. The minimum absolute atomic E-state index is 0.176. The smallest absolute Gasteiger partial charge is 0.152 e. The second kappa shape index (κ2) is 5.01. The van der Waals surface area contributed by atoms with Crippen molar-refractivity contribution in [3.63, 3.8) is 0 Å². The Balaban J connectivity index is 2.16. The molecule has 106 valence electrons. The van der Waals surface area contributed by atoms with E-state index in [2.05, 4.69) is 10.3 Å². The fourth-order valence-corrected chi connectivity index (χ4v) is 2.21. The highest BCUT2D eigenvalue weighted by Gasteiger charge is 2.13. The van der Waals surface area contributed by atoms with Gasteiger partial charge in [0, 0.05) is 17.3 Å². The Morgan fingerprint density at radius 2 is 1.90 bits per heavy atom. The Kier molecular flexibility index (Phi) is 3.17. The van der Waals surface area contributed by atoms with Gasteiger partial charge in [-0.05, 0) is 30.7 Å². The first-order chi connectivity index (χ1) is 10.1. The lowest BCUT2D eigenvalue weighted by Gasteiger charge is -2.13. The van der Waals surface area contributed by atoms with Gasteiger partial charge in [0.1, 0.15) is 11.5 Å². The van der Waals surface area contributed by atoms with Crippen molar-refractivity contribution in [3.05, 3.63) is 59.8 Å². The van der Waals surface area contributed by atoms with Crippen LogP contribution in [0.1, 0.15) is 5.56 Å². The molecule has 0 amide bonds. The molecule has 0 saturated carbocycles. The van der Waals surface area contributed by atoms with Crippen molar-refractivity contribution < 1.29 is 8.78 Å². The Morgan fingerprint density at radius 3 is 2.71 bits per heavy atom. The number of hydrogen-bond acceptors (Lipinski definition) is 3. The van der Waals surface area contributed by atoms with E-state index in [0.717, 1.165) is 0 Å². The zero-order valence-corrected chi connectivity index (χ0v) is 11.3. The van der Waals surface area contributed by atoms with Gasteiger partial charge in [0.25, 0.3) is 0 Å². The summed E-state index contributed by atoms with van der Waals surface area (Å²) in [4.78, 5) is 4.19. The number of anilines is 3. The standard InChI is InChI=1S/C16H13F2N3/c1-9-5-6-11(17)16(14(9)18)21-13-7-8-20-15-10(13)3-2-4-12(15)19/h2-8H,19H2,1H3,(H,20,21). The molecule has 0 radical (unpaired) electrons. The molecule has 3 aromatic rings. The molecular formula is C16H13F2N3. The average molecular weight is 285 g/mol. The Bertz CT molecular complexity index is 831. The zero-order valence-electron chi connectivity index (χ0n) is 11.3. The third-order valence-electron chi connectivity index (χ3n) is 3.35. The highest BCUT2D eigenvalue weighted by atomic mass is 19.1. The van der Waals surface area contributed by atoms with Gasteiger partial charge in [0.05, 0.1) is 11.2 Å². The summed E-state index contributed by atoms with van der Waals surface area (Å²) >= 11 is 0. The quantitative estimate of drug-likeness (QED) is 0.695. The van der Waals surface area contributed by atoms with E-state index >= 15 is 0 Å². The highest BCUT2D eigenvalue weighted by molar-refractivity contribution is 5.98. The van der Waals surface area contributed by atoms with Crippen LogP contribution in [0.4, 0.5) is 25.8 Å². The van der Waals surface area contributed by atoms with Crippen LogP contribution in [0.25, 0.3) is 10.9 Å². The van der Waals surface area contributed by atoms with Crippen LogP contribution in [-0.2, 0) is 0 Å². The molecule has 3 nitrogen and oxygen atoms in total. The molecule has 0 unspecified atom stereocenters. The van der Waals surface area contributed by atoms with Crippen LogP contribution in [0.2, 0.25) is 0 Å². The lowest BCUT2D eigenvalue weighted by Crippen LogP contribution is -2.01. The van der Waals surface area contributed by atoms with Crippen LogP contribution in [-0.4, -0.2) is 4.98 Å². The van der Waals surface area contributed by atoms with Crippen molar-refractivity contribution in [2.75, 3.05) is 11.1 Å². The van der Waals surface area contributed by atoms with Crippen LogP contribution in [0.5, 0.6) is 0 Å². The molecule has 5 heteroatoms. The van der Waals surface area contributed by atoms with Crippen molar-refractivity contribution in [3.8, 4) is 0 Å². The largest absolute Gasteiger partial charge is 0.397 e. The summed E-state index contributed by atoms with van der Waals surface area (Å²) in [5, 5.41) is 3.51. The molecular weight excluding hydrogens is 272 g/mol. The van der Waals surface area contributed by atoms with Crippen molar-refractivity contribution in [2.45, 2.75) is 6.92 Å². The molecule has 2 aromatic carbocycles. The van der Waals surface area contributed by atoms with Crippen molar-refractivity contribution in [1.29, 1.82) is 0 Å².